The van der Waals surface area contributed by atoms with Crippen LogP contribution >= 0.6 is 0 Å². The molecule has 0 aromatic heterocycles. The number of hydrogen-bond donors (Lipinski definition) is 5. The number of quaternary nitrogens is 1. The molecule has 0 unspecified atom stereocenters. The fourth-order valence-electron chi connectivity index (χ4n) is 3.79. The minimum Gasteiger partial charge on any atom is -0.550 e. The van der Waals surface area contributed by atoms with Crippen LogP contribution in [0.4, 0.5) is 0 Å². The topological polar surface area (TPSA) is 212 Å². The molecule has 49 heavy (non-hydrogen) atoms. The smallest absolute Gasteiger partial charge is 0.329 e. The Hall–Kier alpha value is -3.11. The summed E-state index contributed by atoms with van der Waals surface area (Å²) in [4.78, 5) is 55.6. The van der Waals surface area contributed by atoms with Crippen LogP contribution < -0.4 is 32.1 Å². The lowest BCUT2D eigenvalue weighted by molar-refractivity contribution is -0.625. The number of nitrogens with zero attached hydrogens (tertiary/aromatic N) is 2. The number of aliphatic carboxylic acids is 1. The first-order valence-electron chi connectivity index (χ1n) is 17.4. The third-order valence-electron chi connectivity index (χ3n) is 6.29. The highest BCUT2D eigenvalue weighted by Gasteiger charge is 2.17. The van der Waals surface area contributed by atoms with Crippen molar-refractivity contribution in [2.24, 2.45) is 5.73 Å². The van der Waals surface area contributed by atoms with Crippen molar-refractivity contribution in [2.75, 3.05) is 101 Å². The van der Waals surface area contributed by atoms with E-state index in [1.807, 2.05) is 43.1 Å². The van der Waals surface area contributed by atoms with Crippen molar-refractivity contribution in [1.29, 1.82) is 0 Å². The van der Waals surface area contributed by atoms with Gasteiger partial charge in [0, 0.05) is 57.7 Å². The second-order valence-corrected chi connectivity index (χ2v) is 10.1. The number of likely N-dealkylation sites (tertiary alicyclic amines) is 2. The molecule has 15 nitrogen and oxygen atoms in total. The number of methoxy groups -OCH3 is 2. The summed E-state index contributed by atoms with van der Waals surface area (Å²) in [7, 11) is 9.86. The number of carbonyl (C=O) groups is 5. The summed E-state index contributed by atoms with van der Waals surface area (Å²) in [5.41, 5.74) is 4.50. The largest absolute Gasteiger partial charge is 0.550 e. The van der Waals surface area contributed by atoms with E-state index in [4.69, 9.17) is 9.90 Å². The fraction of sp³-hybridized carbons (Fsp3) is 0.794. The van der Waals surface area contributed by atoms with Gasteiger partial charge in [0.2, 0.25) is 11.8 Å². The van der Waals surface area contributed by atoms with E-state index in [0.29, 0.717) is 37.6 Å². The number of amides is 2. The van der Waals surface area contributed by atoms with Gasteiger partial charge in [0.05, 0.1) is 40.7 Å². The third kappa shape index (κ3) is 47.1. The first kappa shape index (κ1) is 55.3. The van der Waals surface area contributed by atoms with Gasteiger partial charge in [-0.3, -0.25) is 14.4 Å². The molecule has 0 aromatic carbocycles. The number of esters is 2. The van der Waals surface area contributed by atoms with Gasteiger partial charge >= 0.3 is 11.9 Å². The van der Waals surface area contributed by atoms with Crippen LogP contribution in [0.15, 0.2) is 12.7 Å². The van der Waals surface area contributed by atoms with E-state index in [0.717, 1.165) is 52.3 Å². The number of hydrogen-bond acceptors (Lipinski definition) is 12. The summed E-state index contributed by atoms with van der Waals surface area (Å²) in [6.45, 7) is 17.0. The SMILES string of the molecule is C1CCNC1.C=CC(=O)OC.CC.CC(=O)[O-].CN.CNCCC(=O)N1CCCC1.CNCCC(=O)OC.C[NH2+]CCC(=O)N1CCCC1. The number of rotatable bonds is 10. The number of nitrogens with two attached hydrogens (primary N) is 2. The van der Waals surface area contributed by atoms with Crippen LogP contribution in [-0.4, -0.2) is 141 Å². The van der Waals surface area contributed by atoms with E-state index in [1.54, 1.807) is 7.05 Å². The highest BCUT2D eigenvalue weighted by atomic mass is 16.5. The number of carboxylic acids is 1. The van der Waals surface area contributed by atoms with Gasteiger partial charge < -0.3 is 56.2 Å². The minimum atomic E-state index is -1.08. The highest BCUT2D eigenvalue weighted by molar-refractivity contribution is 5.81. The molecule has 2 amide bonds. The fourth-order valence-corrected chi connectivity index (χ4v) is 3.79. The number of carbonyl (C=O) groups excluding carboxylic acids is 5. The maximum absolute atomic E-state index is 11.3. The second kappa shape index (κ2) is 47.0. The molecular formula is C34H73N7O8. The molecule has 0 spiro atoms. The van der Waals surface area contributed by atoms with Crippen molar-refractivity contribution in [2.45, 2.75) is 78.6 Å². The van der Waals surface area contributed by atoms with E-state index < -0.39 is 11.9 Å². The molecule has 3 aliphatic heterocycles. The van der Waals surface area contributed by atoms with E-state index in [9.17, 15) is 19.2 Å². The zero-order chi connectivity index (χ0) is 38.7. The van der Waals surface area contributed by atoms with E-state index in [2.05, 4.69) is 37.7 Å². The average Bonchev–Trinajstić information content (AvgIpc) is 3.96. The molecule has 0 aliphatic carbocycles. The van der Waals surface area contributed by atoms with Gasteiger partial charge in [-0.15, -0.1) is 0 Å². The standard InChI is InChI=1S/2C8H16N2O.C5H11NO2.C4H9N.C4H6O2.C2H4O2.C2H6.CH5N/c2*1-9-5-4-8(11)10-6-2-3-7-10;1-6-4-3-5(7)8-2;1-2-4-5-3-1;1-3-4(5)6-2;1-2(3)4;2*1-2/h2*9H,2-7H2,1H3;6H,3-4H2,1-2H3;5H,1-4H2;3H,1H2,2H3;1H3,(H,3,4);1-2H3;2H2,1H3. The first-order valence-corrected chi connectivity index (χ1v) is 17.4. The molecule has 0 radical (unpaired) electrons. The molecule has 0 aromatic rings. The van der Waals surface area contributed by atoms with Crippen LogP contribution in [-0.2, 0) is 33.4 Å². The molecule has 0 atom stereocenters. The number of ether oxygens (including phenoxy) is 2. The third-order valence-corrected chi connectivity index (χ3v) is 6.29. The van der Waals surface area contributed by atoms with E-state index >= 15 is 0 Å². The summed E-state index contributed by atoms with van der Waals surface area (Å²) in [6.07, 6.45) is 10.5. The van der Waals surface area contributed by atoms with Crippen molar-refractivity contribution in [1.82, 2.24) is 25.8 Å². The molecule has 3 rings (SSSR count). The van der Waals surface area contributed by atoms with Crippen molar-refractivity contribution >= 4 is 29.7 Å². The minimum absolute atomic E-state index is 0.167. The molecule has 3 fully saturated rings. The van der Waals surface area contributed by atoms with Crippen molar-refractivity contribution in [3.8, 4) is 0 Å². The molecule has 0 saturated carbocycles. The van der Waals surface area contributed by atoms with E-state index in [-0.39, 0.29) is 5.97 Å². The molecule has 15 heteroatoms. The van der Waals surface area contributed by atoms with Gasteiger partial charge in [0.25, 0.3) is 0 Å². The number of carboxylic acid groups (broad SMARTS) is 1. The maximum atomic E-state index is 11.3. The van der Waals surface area contributed by atoms with Gasteiger partial charge in [-0.1, -0.05) is 20.4 Å². The van der Waals surface area contributed by atoms with Crippen LogP contribution in [0.25, 0.3) is 0 Å². The molecule has 0 bridgehead atoms. The quantitative estimate of drug-likeness (QED) is 0.140. The molecule has 3 saturated heterocycles. The zero-order valence-corrected chi connectivity index (χ0v) is 32.3. The van der Waals surface area contributed by atoms with Crippen molar-refractivity contribution in [3.63, 3.8) is 0 Å². The molecule has 292 valence electrons. The Morgan fingerprint density at radius 1 is 0.796 bits per heavy atom. The Morgan fingerprint density at radius 2 is 1.18 bits per heavy atom. The summed E-state index contributed by atoms with van der Waals surface area (Å²) in [5.74, 6) is -1.01. The lowest BCUT2D eigenvalue weighted by Gasteiger charge is -2.14. The molecule has 3 heterocycles. The Labute approximate surface area is 297 Å². The van der Waals surface area contributed by atoms with Gasteiger partial charge in [-0.05, 0) is 79.7 Å². The van der Waals surface area contributed by atoms with Crippen LogP contribution in [0.1, 0.15) is 78.6 Å². The van der Waals surface area contributed by atoms with Crippen LogP contribution in [0.5, 0.6) is 0 Å². The lowest BCUT2D eigenvalue weighted by Crippen LogP contribution is -2.80. The van der Waals surface area contributed by atoms with Gasteiger partial charge in [-0.25, -0.2) is 4.79 Å². The molecule has 7 N–H and O–H groups in total. The summed E-state index contributed by atoms with van der Waals surface area (Å²) < 4.78 is 8.52. The van der Waals surface area contributed by atoms with Crippen LogP contribution in [0.2, 0.25) is 0 Å². The second-order valence-electron chi connectivity index (χ2n) is 10.1. The number of nitrogens with one attached hydrogen (secondary N) is 3. The Morgan fingerprint density at radius 3 is 1.45 bits per heavy atom. The highest BCUT2D eigenvalue weighted by Crippen LogP contribution is 2.08. The summed E-state index contributed by atoms with van der Waals surface area (Å²) >= 11 is 0. The lowest BCUT2D eigenvalue weighted by atomic mass is 10.4. The zero-order valence-electron chi connectivity index (χ0n) is 32.3. The Bertz CT molecular complexity index is 730. The Kier molecular flexibility index (Phi) is 53.1. The van der Waals surface area contributed by atoms with Crippen molar-refractivity contribution < 1.29 is 43.9 Å². The normalized spacial score (nSPS) is 13.3. The van der Waals surface area contributed by atoms with Gasteiger partial charge in [0.15, 0.2) is 0 Å². The van der Waals surface area contributed by atoms with E-state index in [1.165, 1.54) is 72.9 Å². The predicted octanol–water partition coefficient (Wildman–Crippen LogP) is -0.748. The Balaban J connectivity index is -0.000000160. The van der Waals surface area contributed by atoms with Crippen LogP contribution in [0.3, 0.4) is 0 Å². The van der Waals surface area contributed by atoms with Gasteiger partial charge in [0.1, 0.15) is 0 Å². The average molecular weight is 708 g/mol. The van der Waals surface area contributed by atoms with Crippen molar-refractivity contribution in [3.05, 3.63) is 12.7 Å². The monoisotopic (exact) mass is 708 g/mol. The van der Waals surface area contributed by atoms with Gasteiger partial charge in [-0.2, -0.15) is 0 Å². The predicted molar refractivity (Wildman–Crippen MR) is 195 cm³/mol. The molecular weight excluding hydrogens is 634 g/mol. The molecule has 3 aliphatic rings. The first-order chi connectivity index (χ1) is 23.5. The summed E-state index contributed by atoms with van der Waals surface area (Å²) in [6, 6.07) is 0. The van der Waals surface area contributed by atoms with Crippen LogP contribution in [0, 0.1) is 0 Å². The maximum Gasteiger partial charge on any atom is 0.329 e. The summed E-state index contributed by atoms with van der Waals surface area (Å²) in [5, 5.41) is 20.0.